The van der Waals surface area contributed by atoms with E-state index >= 15 is 0 Å². The second-order valence-electron chi connectivity index (χ2n) is 3.29. The summed E-state index contributed by atoms with van der Waals surface area (Å²) in [6, 6.07) is 0. The standard InChI is InChI=1S/C8H14O6/c1-3-7(14-4(2)9)5(10)6(11)8(12)13-3/h3,5-8,10-12H,1-2H3/t3-,5-,6+,7+,8+/m0/s1. The Morgan fingerprint density at radius 1 is 1.29 bits per heavy atom. The molecule has 6 nitrogen and oxygen atoms in total. The zero-order valence-corrected chi connectivity index (χ0v) is 7.95. The highest BCUT2D eigenvalue weighted by molar-refractivity contribution is 5.66. The van der Waals surface area contributed by atoms with Crippen LogP contribution in [0.3, 0.4) is 0 Å². The maximum absolute atomic E-state index is 10.7. The summed E-state index contributed by atoms with van der Waals surface area (Å²) in [4.78, 5) is 10.7. The molecule has 0 unspecified atom stereocenters. The highest BCUT2D eigenvalue weighted by Gasteiger charge is 2.43. The molecule has 0 aromatic carbocycles. The third kappa shape index (κ3) is 2.21. The predicted octanol–water partition coefficient (Wildman–Crippen LogP) is -1.62. The van der Waals surface area contributed by atoms with Gasteiger partial charge in [-0.15, -0.1) is 0 Å². The largest absolute Gasteiger partial charge is 0.457 e. The zero-order valence-electron chi connectivity index (χ0n) is 7.95. The summed E-state index contributed by atoms with van der Waals surface area (Å²) in [5, 5.41) is 27.8. The van der Waals surface area contributed by atoms with E-state index in [0.717, 1.165) is 0 Å². The van der Waals surface area contributed by atoms with Gasteiger partial charge in [0.25, 0.3) is 0 Å². The molecule has 6 heteroatoms. The Morgan fingerprint density at radius 3 is 2.36 bits per heavy atom. The summed E-state index contributed by atoms with van der Waals surface area (Å²) in [6.45, 7) is 2.72. The molecule has 1 saturated heterocycles. The SMILES string of the molecule is CC(=O)O[C@H]1[C@@H](O)[C@@H](O)[C@H](O)O[C@H]1C. The molecule has 3 N–H and O–H groups in total. The minimum atomic E-state index is -1.46. The quantitative estimate of drug-likeness (QED) is 0.446. The zero-order chi connectivity index (χ0) is 10.9. The number of aliphatic hydroxyl groups excluding tert-OH is 3. The maximum Gasteiger partial charge on any atom is 0.303 e. The van der Waals surface area contributed by atoms with Crippen LogP contribution < -0.4 is 0 Å². The molecule has 0 saturated carbocycles. The van der Waals surface area contributed by atoms with Gasteiger partial charge in [0, 0.05) is 6.92 Å². The lowest BCUT2D eigenvalue weighted by atomic mass is 10.00. The molecule has 5 atom stereocenters. The van der Waals surface area contributed by atoms with Crippen molar-refractivity contribution in [2.75, 3.05) is 0 Å². The summed E-state index contributed by atoms with van der Waals surface area (Å²) in [6.07, 6.45) is -5.86. The van der Waals surface area contributed by atoms with Crippen LogP contribution in [0, 0.1) is 0 Å². The van der Waals surface area contributed by atoms with Crippen molar-refractivity contribution in [1.29, 1.82) is 0 Å². The van der Waals surface area contributed by atoms with E-state index in [1.807, 2.05) is 0 Å². The Balaban J connectivity index is 2.68. The van der Waals surface area contributed by atoms with E-state index in [1.165, 1.54) is 13.8 Å². The Labute approximate surface area is 81.1 Å². The molecule has 0 radical (unpaired) electrons. The lowest BCUT2D eigenvalue weighted by molar-refractivity contribution is -0.281. The molecular weight excluding hydrogens is 192 g/mol. The number of ether oxygens (including phenoxy) is 2. The molecule has 0 aliphatic carbocycles. The first-order chi connectivity index (χ1) is 6.43. The molecule has 14 heavy (non-hydrogen) atoms. The van der Waals surface area contributed by atoms with Crippen LogP contribution in [0.2, 0.25) is 0 Å². The maximum atomic E-state index is 10.7. The number of hydrogen-bond acceptors (Lipinski definition) is 6. The van der Waals surface area contributed by atoms with Gasteiger partial charge in [0.1, 0.15) is 12.2 Å². The summed E-state index contributed by atoms with van der Waals surface area (Å²) >= 11 is 0. The highest BCUT2D eigenvalue weighted by Crippen LogP contribution is 2.21. The van der Waals surface area contributed by atoms with Crippen LogP contribution in [-0.2, 0) is 14.3 Å². The Hall–Kier alpha value is -0.690. The number of aliphatic hydroxyl groups is 3. The smallest absolute Gasteiger partial charge is 0.303 e. The van der Waals surface area contributed by atoms with Crippen molar-refractivity contribution in [1.82, 2.24) is 0 Å². The van der Waals surface area contributed by atoms with E-state index < -0.39 is 36.7 Å². The van der Waals surface area contributed by atoms with Crippen LogP contribution in [0.4, 0.5) is 0 Å². The summed E-state index contributed by atoms with van der Waals surface area (Å²) in [5.41, 5.74) is 0. The fourth-order valence-electron chi connectivity index (χ4n) is 1.38. The molecule has 1 aliphatic rings. The van der Waals surface area contributed by atoms with Gasteiger partial charge in [0.2, 0.25) is 0 Å². The lowest BCUT2D eigenvalue weighted by Crippen LogP contribution is -2.57. The van der Waals surface area contributed by atoms with Crippen LogP contribution in [0.1, 0.15) is 13.8 Å². The van der Waals surface area contributed by atoms with Gasteiger partial charge < -0.3 is 24.8 Å². The molecule has 0 bridgehead atoms. The first kappa shape index (κ1) is 11.4. The minimum Gasteiger partial charge on any atom is -0.457 e. The first-order valence-electron chi connectivity index (χ1n) is 4.30. The molecule has 1 heterocycles. The average molecular weight is 206 g/mol. The molecule has 0 amide bonds. The molecule has 0 aromatic heterocycles. The number of carbonyl (C=O) groups is 1. The third-order valence-corrected chi connectivity index (χ3v) is 2.10. The molecule has 82 valence electrons. The van der Waals surface area contributed by atoms with Crippen molar-refractivity contribution in [2.45, 2.75) is 44.6 Å². The van der Waals surface area contributed by atoms with Crippen molar-refractivity contribution in [2.24, 2.45) is 0 Å². The molecule has 1 aliphatic heterocycles. The topological polar surface area (TPSA) is 96.2 Å². The van der Waals surface area contributed by atoms with Crippen molar-refractivity contribution in [3.63, 3.8) is 0 Å². The van der Waals surface area contributed by atoms with Gasteiger partial charge in [-0.3, -0.25) is 4.79 Å². The lowest BCUT2D eigenvalue weighted by Gasteiger charge is -2.38. The van der Waals surface area contributed by atoms with E-state index in [4.69, 9.17) is 14.6 Å². The second-order valence-corrected chi connectivity index (χ2v) is 3.29. The fraction of sp³-hybridized carbons (Fsp3) is 0.875. The van der Waals surface area contributed by atoms with Crippen molar-refractivity contribution >= 4 is 5.97 Å². The van der Waals surface area contributed by atoms with Gasteiger partial charge in [-0.1, -0.05) is 0 Å². The molecular formula is C8H14O6. The fourth-order valence-corrected chi connectivity index (χ4v) is 1.38. The first-order valence-corrected chi connectivity index (χ1v) is 4.30. The van der Waals surface area contributed by atoms with E-state index in [0.29, 0.717) is 0 Å². The van der Waals surface area contributed by atoms with E-state index in [2.05, 4.69) is 0 Å². The Kier molecular flexibility index (Phi) is 3.43. The van der Waals surface area contributed by atoms with Gasteiger partial charge in [-0.25, -0.2) is 0 Å². The van der Waals surface area contributed by atoms with Crippen LogP contribution in [0.15, 0.2) is 0 Å². The second kappa shape index (κ2) is 4.22. The highest BCUT2D eigenvalue weighted by atomic mass is 16.7. The Bertz CT molecular complexity index is 218. The molecule has 0 spiro atoms. The van der Waals surface area contributed by atoms with E-state index in [-0.39, 0.29) is 0 Å². The number of carbonyl (C=O) groups excluding carboxylic acids is 1. The summed E-state index contributed by atoms with van der Waals surface area (Å²) in [5.74, 6) is -0.576. The van der Waals surface area contributed by atoms with Crippen molar-refractivity contribution in [3.05, 3.63) is 0 Å². The number of esters is 1. The van der Waals surface area contributed by atoms with Gasteiger partial charge in [0.15, 0.2) is 12.4 Å². The summed E-state index contributed by atoms with van der Waals surface area (Å²) < 4.78 is 9.60. The van der Waals surface area contributed by atoms with Gasteiger partial charge >= 0.3 is 5.97 Å². The van der Waals surface area contributed by atoms with E-state index in [9.17, 15) is 15.0 Å². The average Bonchev–Trinajstić information content (AvgIpc) is 2.09. The summed E-state index contributed by atoms with van der Waals surface area (Å²) in [7, 11) is 0. The van der Waals surface area contributed by atoms with Crippen LogP contribution in [0.5, 0.6) is 0 Å². The third-order valence-electron chi connectivity index (χ3n) is 2.10. The molecule has 1 rings (SSSR count). The van der Waals surface area contributed by atoms with Gasteiger partial charge in [-0.05, 0) is 6.92 Å². The van der Waals surface area contributed by atoms with Crippen LogP contribution >= 0.6 is 0 Å². The molecule has 1 fully saturated rings. The Morgan fingerprint density at radius 2 is 1.86 bits per heavy atom. The predicted molar refractivity (Wildman–Crippen MR) is 44.1 cm³/mol. The van der Waals surface area contributed by atoms with Gasteiger partial charge in [-0.2, -0.15) is 0 Å². The van der Waals surface area contributed by atoms with Crippen LogP contribution in [0.25, 0.3) is 0 Å². The minimum absolute atomic E-state index is 0.576. The molecule has 0 aromatic rings. The van der Waals surface area contributed by atoms with Crippen molar-refractivity contribution in [3.8, 4) is 0 Å². The van der Waals surface area contributed by atoms with Crippen molar-refractivity contribution < 1.29 is 29.6 Å². The van der Waals surface area contributed by atoms with Crippen LogP contribution in [-0.4, -0.2) is 52.0 Å². The van der Waals surface area contributed by atoms with Gasteiger partial charge in [0.05, 0.1) is 6.10 Å². The number of rotatable bonds is 1. The normalized spacial score (nSPS) is 43.4. The van der Waals surface area contributed by atoms with E-state index in [1.54, 1.807) is 0 Å². The monoisotopic (exact) mass is 206 g/mol. The number of hydrogen-bond donors (Lipinski definition) is 3.